The summed E-state index contributed by atoms with van der Waals surface area (Å²) < 4.78 is 5.46. The number of primary amides is 1. The molecule has 0 saturated carbocycles. The number of nitrogen functional groups attached to an aromatic ring is 1. The first-order valence-electron chi connectivity index (χ1n) is 4.74. The fraction of sp³-hybridized carbons (Fsp3) is 0.364. The highest BCUT2D eigenvalue weighted by atomic mass is 16.5. The van der Waals surface area contributed by atoms with E-state index in [1.807, 2.05) is 13.8 Å². The van der Waals surface area contributed by atoms with Gasteiger partial charge < -0.3 is 16.2 Å². The Bertz CT molecular complexity index is 365. The van der Waals surface area contributed by atoms with Crippen LogP contribution in [-0.2, 0) is 4.79 Å². The lowest BCUT2D eigenvalue weighted by atomic mass is 10.1. The number of amides is 1. The third kappa shape index (κ3) is 2.62. The molecule has 0 aliphatic rings. The van der Waals surface area contributed by atoms with Gasteiger partial charge in [-0.1, -0.05) is 0 Å². The molecule has 1 amide bonds. The summed E-state index contributed by atoms with van der Waals surface area (Å²) >= 11 is 0. The van der Waals surface area contributed by atoms with Crippen molar-refractivity contribution in [3.05, 3.63) is 23.3 Å². The van der Waals surface area contributed by atoms with E-state index in [9.17, 15) is 4.79 Å². The number of carbonyl (C=O) groups is 1. The Balaban J connectivity index is 3.00. The van der Waals surface area contributed by atoms with Crippen molar-refractivity contribution in [2.75, 3.05) is 5.73 Å². The van der Waals surface area contributed by atoms with Crippen molar-refractivity contribution in [3.63, 3.8) is 0 Å². The molecule has 1 unspecified atom stereocenters. The molecule has 0 bridgehead atoms. The Morgan fingerprint density at radius 3 is 2.20 bits per heavy atom. The molecule has 4 heteroatoms. The van der Waals surface area contributed by atoms with Gasteiger partial charge in [-0.25, -0.2) is 0 Å². The van der Waals surface area contributed by atoms with Crippen molar-refractivity contribution in [2.45, 2.75) is 26.9 Å². The number of anilines is 1. The molecule has 0 aromatic heterocycles. The van der Waals surface area contributed by atoms with Crippen LogP contribution < -0.4 is 16.2 Å². The van der Waals surface area contributed by atoms with E-state index >= 15 is 0 Å². The van der Waals surface area contributed by atoms with Crippen LogP contribution in [0.25, 0.3) is 0 Å². The maximum Gasteiger partial charge on any atom is 0.258 e. The molecule has 1 atom stereocenters. The monoisotopic (exact) mass is 208 g/mol. The van der Waals surface area contributed by atoms with Gasteiger partial charge in [0, 0.05) is 5.69 Å². The van der Waals surface area contributed by atoms with Gasteiger partial charge in [-0.2, -0.15) is 0 Å². The van der Waals surface area contributed by atoms with Gasteiger partial charge in [-0.3, -0.25) is 4.79 Å². The normalized spacial score (nSPS) is 12.2. The number of nitrogens with two attached hydrogens (primary N) is 2. The Morgan fingerprint density at radius 2 is 1.80 bits per heavy atom. The minimum absolute atomic E-state index is 0.481. The molecule has 82 valence electrons. The average Bonchev–Trinajstić information content (AvgIpc) is 2.10. The van der Waals surface area contributed by atoms with Crippen LogP contribution in [0.2, 0.25) is 0 Å². The fourth-order valence-electron chi connectivity index (χ4n) is 1.40. The number of benzene rings is 1. The molecule has 0 aliphatic heterocycles. The van der Waals surface area contributed by atoms with E-state index < -0.39 is 12.0 Å². The number of hydrogen-bond acceptors (Lipinski definition) is 3. The number of rotatable bonds is 3. The van der Waals surface area contributed by atoms with E-state index in [0.29, 0.717) is 11.4 Å². The van der Waals surface area contributed by atoms with Gasteiger partial charge in [-0.15, -0.1) is 0 Å². The molecule has 1 aromatic rings. The van der Waals surface area contributed by atoms with Crippen LogP contribution in [0.1, 0.15) is 18.1 Å². The molecule has 0 radical (unpaired) electrons. The van der Waals surface area contributed by atoms with Crippen LogP contribution in [0.4, 0.5) is 5.69 Å². The molecule has 4 N–H and O–H groups in total. The first kappa shape index (κ1) is 11.4. The predicted octanol–water partition coefficient (Wildman–Crippen LogP) is 1.14. The zero-order chi connectivity index (χ0) is 11.6. The summed E-state index contributed by atoms with van der Waals surface area (Å²) in [5, 5.41) is 0. The van der Waals surface area contributed by atoms with E-state index in [2.05, 4.69) is 0 Å². The van der Waals surface area contributed by atoms with Crippen LogP contribution >= 0.6 is 0 Å². The first-order valence-corrected chi connectivity index (χ1v) is 4.74. The summed E-state index contributed by atoms with van der Waals surface area (Å²) in [6.07, 6.45) is -0.633. The van der Waals surface area contributed by atoms with Crippen molar-refractivity contribution in [3.8, 4) is 5.75 Å². The van der Waals surface area contributed by atoms with Crippen molar-refractivity contribution in [2.24, 2.45) is 5.73 Å². The summed E-state index contributed by atoms with van der Waals surface area (Å²) in [6, 6.07) is 3.60. The molecule has 1 rings (SSSR count). The number of ether oxygens (including phenoxy) is 1. The average molecular weight is 208 g/mol. The molecule has 0 aliphatic carbocycles. The smallest absolute Gasteiger partial charge is 0.258 e. The Labute approximate surface area is 89.2 Å². The van der Waals surface area contributed by atoms with Gasteiger partial charge in [0.05, 0.1) is 0 Å². The number of hydrogen-bond donors (Lipinski definition) is 2. The van der Waals surface area contributed by atoms with Crippen molar-refractivity contribution < 1.29 is 9.53 Å². The van der Waals surface area contributed by atoms with Crippen molar-refractivity contribution in [1.29, 1.82) is 0 Å². The Kier molecular flexibility index (Phi) is 3.19. The van der Waals surface area contributed by atoms with Crippen molar-refractivity contribution >= 4 is 11.6 Å². The third-order valence-corrected chi connectivity index (χ3v) is 2.18. The lowest BCUT2D eigenvalue weighted by Gasteiger charge is -2.16. The minimum Gasteiger partial charge on any atom is -0.480 e. The third-order valence-electron chi connectivity index (χ3n) is 2.18. The molecule has 1 aromatic carbocycles. The Morgan fingerprint density at radius 1 is 1.33 bits per heavy atom. The Hall–Kier alpha value is -1.71. The minimum atomic E-state index is -0.633. The topological polar surface area (TPSA) is 78.3 Å². The highest BCUT2D eigenvalue weighted by Crippen LogP contribution is 2.26. The largest absolute Gasteiger partial charge is 0.480 e. The molecule has 0 fully saturated rings. The van der Waals surface area contributed by atoms with Crippen LogP contribution in [0.3, 0.4) is 0 Å². The molecule has 0 heterocycles. The highest BCUT2D eigenvalue weighted by Gasteiger charge is 2.13. The SMILES string of the molecule is Cc1cc(N)cc(C)c1OC(C)C(N)=O. The van der Waals surface area contributed by atoms with Gasteiger partial charge in [0.1, 0.15) is 5.75 Å². The standard InChI is InChI=1S/C11H16N2O2/c1-6-4-9(12)5-7(2)10(6)15-8(3)11(13)14/h4-5,8H,12H2,1-3H3,(H2,13,14). The second-order valence-corrected chi connectivity index (χ2v) is 3.65. The van der Waals surface area contributed by atoms with Crippen LogP contribution in [0, 0.1) is 13.8 Å². The van der Waals surface area contributed by atoms with Gasteiger partial charge in [0.25, 0.3) is 5.91 Å². The van der Waals surface area contributed by atoms with Crippen molar-refractivity contribution in [1.82, 2.24) is 0 Å². The quantitative estimate of drug-likeness (QED) is 0.731. The van der Waals surface area contributed by atoms with E-state index in [1.165, 1.54) is 0 Å². The molecule has 4 nitrogen and oxygen atoms in total. The summed E-state index contributed by atoms with van der Waals surface area (Å²) in [7, 11) is 0. The highest BCUT2D eigenvalue weighted by molar-refractivity contribution is 5.78. The zero-order valence-corrected chi connectivity index (χ0v) is 9.20. The molecular weight excluding hydrogens is 192 g/mol. The maximum atomic E-state index is 10.9. The second kappa shape index (κ2) is 4.21. The molecular formula is C11H16N2O2. The van der Waals surface area contributed by atoms with Crippen LogP contribution in [-0.4, -0.2) is 12.0 Å². The molecule has 15 heavy (non-hydrogen) atoms. The van der Waals surface area contributed by atoms with E-state index in [1.54, 1.807) is 19.1 Å². The molecule has 0 spiro atoms. The fourth-order valence-corrected chi connectivity index (χ4v) is 1.40. The first-order chi connectivity index (χ1) is 6.91. The lowest BCUT2D eigenvalue weighted by Crippen LogP contribution is -2.31. The number of aryl methyl sites for hydroxylation is 2. The maximum absolute atomic E-state index is 10.9. The van der Waals surface area contributed by atoms with Gasteiger partial charge in [-0.05, 0) is 44.0 Å². The number of carbonyl (C=O) groups excluding carboxylic acids is 1. The van der Waals surface area contributed by atoms with E-state index in [4.69, 9.17) is 16.2 Å². The summed E-state index contributed by atoms with van der Waals surface area (Å²) in [6.45, 7) is 5.39. The van der Waals surface area contributed by atoms with Gasteiger partial charge in [0.15, 0.2) is 6.10 Å². The van der Waals surface area contributed by atoms with Crippen LogP contribution in [0.15, 0.2) is 12.1 Å². The van der Waals surface area contributed by atoms with Gasteiger partial charge >= 0.3 is 0 Å². The van der Waals surface area contributed by atoms with Crippen LogP contribution in [0.5, 0.6) is 5.75 Å². The summed E-state index contributed by atoms with van der Waals surface area (Å²) in [5.74, 6) is 0.195. The van der Waals surface area contributed by atoms with E-state index in [-0.39, 0.29) is 0 Å². The van der Waals surface area contributed by atoms with Gasteiger partial charge in [0.2, 0.25) is 0 Å². The summed E-state index contributed by atoms with van der Waals surface area (Å²) in [5.41, 5.74) is 13.3. The molecule has 0 saturated heterocycles. The second-order valence-electron chi connectivity index (χ2n) is 3.65. The van der Waals surface area contributed by atoms with E-state index in [0.717, 1.165) is 11.1 Å². The lowest BCUT2D eigenvalue weighted by molar-refractivity contribution is -0.124. The predicted molar refractivity (Wildman–Crippen MR) is 59.6 cm³/mol. The summed E-state index contributed by atoms with van der Waals surface area (Å²) in [4.78, 5) is 10.9. The zero-order valence-electron chi connectivity index (χ0n) is 9.20.